The zero-order valence-corrected chi connectivity index (χ0v) is 14.5. The summed E-state index contributed by atoms with van der Waals surface area (Å²) in [4.78, 5) is 19.9. The number of hydrogen-bond acceptors (Lipinski definition) is 6. The second-order valence-electron chi connectivity index (χ2n) is 5.22. The number of benzene rings is 1. The van der Waals surface area contributed by atoms with Gasteiger partial charge >= 0.3 is 6.03 Å². The first-order valence-electron chi connectivity index (χ1n) is 7.61. The van der Waals surface area contributed by atoms with Crippen molar-refractivity contribution in [2.24, 2.45) is 10.9 Å². The molecule has 3 aromatic rings. The van der Waals surface area contributed by atoms with Gasteiger partial charge in [0.25, 0.3) is 0 Å². The van der Waals surface area contributed by atoms with Crippen molar-refractivity contribution in [3.05, 3.63) is 42.0 Å². The van der Waals surface area contributed by atoms with E-state index in [4.69, 9.17) is 10.9 Å². The third kappa shape index (κ3) is 3.54. The van der Waals surface area contributed by atoms with Crippen molar-refractivity contribution in [3.8, 4) is 11.1 Å². The number of aromatic nitrogens is 2. The first-order valence-corrected chi connectivity index (χ1v) is 8.42. The van der Waals surface area contributed by atoms with E-state index >= 15 is 0 Å². The highest BCUT2D eigenvalue weighted by Crippen LogP contribution is 2.32. The van der Waals surface area contributed by atoms with Crippen LogP contribution in [-0.2, 0) is 0 Å². The molecule has 8 nitrogen and oxygen atoms in total. The summed E-state index contributed by atoms with van der Waals surface area (Å²) >= 11 is 1.18. The fourth-order valence-electron chi connectivity index (χ4n) is 2.28. The van der Waals surface area contributed by atoms with E-state index in [-0.39, 0.29) is 17.6 Å². The first-order chi connectivity index (χ1) is 12.5. The number of nitrogens with zero attached hydrogens (tertiary/aromatic N) is 3. The number of carbonyl (C=O) groups excluding carboxylic acids is 1. The number of anilines is 1. The average molecular weight is 374 g/mol. The van der Waals surface area contributed by atoms with Gasteiger partial charge in [-0.1, -0.05) is 22.6 Å². The van der Waals surface area contributed by atoms with Crippen molar-refractivity contribution in [1.29, 1.82) is 0 Å². The van der Waals surface area contributed by atoms with Crippen LogP contribution in [0.3, 0.4) is 0 Å². The third-order valence-electron chi connectivity index (χ3n) is 3.48. The number of nitrogens with two attached hydrogens (primary N) is 1. The lowest BCUT2D eigenvalue weighted by molar-refractivity contribution is 0.252. The molecule has 134 valence electrons. The zero-order chi connectivity index (χ0) is 18.7. The van der Waals surface area contributed by atoms with Crippen LogP contribution in [0.25, 0.3) is 21.3 Å². The Bertz CT molecular complexity index is 986. The summed E-state index contributed by atoms with van der Waals surface area (Å²) in [6.07, 6.45) is 1.43. The molecule has 0 spiro atoms. The van der Waals surface area contributed by atoms with E-state index in [1.807, 2.05) is 0 Å². The molecule has 0 saturated carbocycles. The SMILES string of the molecule is CCNC(=O)Nc1nc2cc(-c3ccc(C(N)=NO)nc3)c(F)cc2s1. The van der Waals surface area contributed by atoms with Gasteiger partial charge in [0.15, 0.2) is 11.0 Å². The number of oxime groups is 1. The summed E-state index contributed by atoms with van der Waals surface area (Å²) in [5.41, 5.74) is 7.13. The maximum Gasteiger partial charge on any atom is 0.321 e. The van der Waals surface area contributed by atoms with E-state index < -0.39 is 5.82 Å². The number of urea groups is 1. The van der Waals surface area contributed by atoms with E-state index in [9.17, 15) is 9.18 Å². The zero-order valence-electron chi connectivity index (χ0n) is 13.7. The summed E-state index contributed by atoms with van der Waals surface area (Å²) in [5, 5.41) is 17.1. The minimum absolute atomic E-state index is 0.131. The van der Waals surface area contributed by atoms with Crippen LogP contribution in [0.5, 0.6) is 0 Å². The van der Waals surface area contributed by atoms with Crippen LogP contribution >= 0.6 is 11.3 Å². The number of pyridine rings is 1. The normalized spacial score (nSPS) is 11.5. The summed E-state index contributed by atoms with van der Waals surface area (Å²) in [6, 6.07) is 5.73. The fraction of sp³-hybridized carbons (Fsp3) is 0.125. The molecule has 2 amide bonds. The number of nitrogens with one attached hydrogen (secondary N) is 2. The quantitative estimate of drug-likeness (QED) is 0.242. The molecule has 0 bridgehead atoms. The highest BCUT2D eigenvalue weighted by atomic mass is 32.1. The van der Waals surface area contributed by atoms with E-state index in [1.54, 1.807) is 19.1 Å². The Labute approximate surface area is 151 Å². The van der Waals surface area contributed by atoms with Gasteiger partial charge in [-0.25, -0.2) is 14.2 Å². The molecule has 2 heterocycles. The summed E-state index contributed by atoms with van der Waals surface area (Å²) in [7, 11) is 0. The van der Waals surface area contributed by atoms with E-state index in [0.29, 0.717) is 33.0 Å². The highest BCUT2D eigenvalue weighted by Gasteiger charge is 2.13. The van der Waals surface area contributed by atoms with E-state index in [1.165, 1.54) is 29.7 Å². The third-order valence-corrected chi connectivity index (χ3v) is 4.41. The number of rotatable bonds is 4. The molecule has 0 unspecified atom stereocenters. The number of amidine groups is 1. The molecule has 2 aromatic heterocycles. The number of fused-ring (bicyclic) bond motifs is 1. The van der Waals surface area contributed by atoms with Crippen molar-refractivity contribution >= 4 is 38.6 Å². The van der Waals surface area contributed by atoms with Gasteiger partial charge in [0.2, 0.25) is 0 Å². The lowest BCUT2D eigenvalue weighted by Gasteiger charge is -2.04. The lowest BCUT2D eigenvalue weighted by Crippen LogP contribution is -2.28. The van der Waals surface area contributed by atoms with Crippen molar-refractivity contribution in [2.45, 2.75) is 6.92 Å². The van der Waals surface area contributed by atoms with Crippen LogP contribution in [0.15, 0.2) is 35.6 Å². The molecule has 0 radical (unpaired) electrons. The number of amides is 2. The second-order valence-corrected chi connectivity index (χ2v) is 6.25. The van der Waals surface area contributed by atoms with Gasteiger partial charge < -0.3 is 16.3 Å². The van der Waals surface area contributed by atoms with Crippen molar-refractivity contribution in [2.75, 3.05) is 11.9 Å². The van der Waals surface area contributed by atoms with Gasteiger partial charge in [-0.15, -0.1) is 0 Å². The summed E-state index contributed by atoms with van der Waals surface area (Å²) < 4.78 is 15.1. The molecule has 5 N–H and O–H groups in total. The molecule has 0 fully saturated rings. The minimum atomic E-state index is -0.441. The average Bonchev–Trinajstić information content (AvgIpc) is 3.01. The van der Waals surface area contributed by atoms with Gasteiger partial charge in [-0.2, -0.15) is 0 Å². The van der Waals surface area contributed by atoms with Crippen molar-refractivity contribution in [3.63, 3.8) is 0 Å². The van der Waals surface area contributed by atoms with E-state index in [2.05, 4.69) is 25.8 Å². The second kappa shape index (κ2) is 7.31. The molecular weight excluding hydrogens is 359 g/mol. The van der Waals surface area contributed by atoms with Crippen LogP contribution < -0.4 is 16.4 Å². The number of thiazole rings is 1. The maximum atomic E-state index is 14.5. The van der Waals surface area contributed by atoms with Crippen LogP contribution in [0.4, 0.5) is 14.3 Å². The summed E-state index contributed by atoms with van der Waals surface area (Å²) in [6.45, 7) is 2.29. The first kappa shape index (κ1) is 17.5. The molecule has 0 aliphatic rings. The van der Waals surface area contributed by atoms with Gasteiger partial charge in [0, 0.05) is 23.9 Å². The van der Waals surface area contributed by atoms with Gasteiger partial charge in [-0.3, -0.25) is 10.3 Å². The maximum absolute atomic E-state index is 14.5. The molecule has 0 aliphatic carbocycles. The largest absolute Gasteiger partial charge is 0.409 e. The Morgan fingerprint density at radius 1 is 1.42 bits per heavy atom. The van der Waals surface area contributed by atoms with Gasteiger partial charge in [-0.05, 0) is 25.1 Å². The summed E-state index contributed by atoms with van der Waals surface area (Å²) in [5.74, 6) is -0.572. The highest BCUT2D eigenvalue weighted by molar-refractivity contribution is 7.22. The lowest BCUT2D eigenvalue weighted by atomic mass is 10.1. The van der Waals surface area contributed by atoms with Crippen LogP contribution in [0.1, 0.15) is 12.6 Å². The molecule has 0 saturated heterocycles. The number of halogens is 1. The molecular formula is C16H15FN6O2S. The Morgan fingerprint density at radius 3 is 2.88 bits per heavy atom. The Hall–Kier alpha value is -3.27. The fourth-order valence-corrected chi connectivity index (χ4v) is 3.15. The predicted octanol–water partition coefficient (Wildman–Crippen LogP) is 2.73. The smallest absolute Gasteiger partial charge is 0.321 e. The molecule has 1 aromatic carbocycles. The van der Waals surface area contributed by atoms with Gasteiger partial charge in [0.1, 0.15) is 11.5 Å². The minimum Gasteiger partial charge on any atom is -0.409 e. The Balaban J connectivity index is 1.94. The monoisotopic (exact) mass is 374 g/mol. The molecule has 0 aliphatic heterocycles. The van der Waals surface area contributed by atoms with Crippen LogP contribution in [-0.4, -0.2) is 33.6 Å². The Kier molecular flexibility index (Phi) is 4.94. The molecule has 3 rings (SSSR count). The molecule has 10 heteroatoms. The van der Waals surface area contributed by atoms with Crippen LogP contribution in [0, 0.1) is 5.82 Å². The molecule has 0 atom stereocenters. The number of carbonyl (C=O) groups is 1. The van der Waals surface area contributed by atoms with Crippen molar-refractivity contribution in [1.82, 2.24) is 15.3 Å². The van der Waals surface area contributed by atoms with Crippen molar-refractivity contribution < 1.29 is 14.4 Å². The van der Waals surface area contributed by atoms with E-state index in [0.717, 1.165) is 0 Å². The predicted molar refractivity (Wildman–Crippen MR) is 98.0 cm³/mol. The topological polar surface area (TPSA) is 126 Å². The molecule has 26 heavy (non-hydrogen) atoms. The van der Waals surface area contributed by atoms with Crippen LogP contribution in [0.2, 0.25) is 0 Å². The Morgan fingerprint density at radius 2 is 2.23 bits per heavy atom. The standard InChI is InChI=1S/C16H15FN6O2S/c1-2-19-15(24)22-16-21-12-5-9(10(17)6-13(12)26-16)8-3-4-11(20-7-8)14(18)23-25/h3-7,25H,2H2,1H3,(H2,18,23)(H2,19,21,22,24). The van der Waals surface area contributed by atoms with Gasteiger partial charge in [0.05, 0.1) is 10.2 Å². The number of hydrogen-bond donors (Lipinski definition) is 4.